The Morgan fingerprint density at radius 2 is 2.56 bits per heavy atom. The van der Waals surface area contributed by atoms with E-state index in [1.165, 1.54) is 11.3 Å². The highest BCUT2D eigenvalue weighted by atomic mass is 32.1. The molecule has 1 unspecified atom stereocenters. The van der Waals surface area contributed by atoms with Crippen molar-refractivity contribution >= 4 is 11.3 Å². The Balaban J connectivity index is 2.85. The summed E-state index contributed by atoms with van der Waals surface area (Å²) >= 11 is 1.43. The zero-order valence-electron chi connectivity index (χ0n) is 5.16. The van der Waals surface area contributed by atoms with Gasteiger partial charge in [-0.3, -0.25) is 0 Å². The number of aliphatic hydroxyl groups is 1. The number of aromatic nitrogens is 1. The van der Waals surface area contributed by atoms with Crippen molar-refractivity contribution in [3.63, 3.8) is 0 Å². The lowest BCUT2D eigenvalue weighted by atomic mass is 10.4. The van der Waals surface area contributed by atoms with Gasteiger partial charge in [-0.1, -0.05) is 0 Å². The Labute approximate surface area is 58.2 Å². The molecule has 0 bridgehead atoms. The molecule has 1 radical (unpaired) electrons. The molecule has 2 nitrogen and oxygen atoms in total. The van der Waals surface area contributed by atoms with Crippen LogP contribution < -0.4 is 0 Å². The second-order valence-electron chi connectivity index (χ2n) is 1.84. The number of hydrogen-bond donors (Lipinski definition) is 1. The maximum Gasteiger partial charge on any atom is 0.121 e. The number of thiazole rings is 1. The summed E-state index contributed by atoms with van der Waals surface area (Å²) in [6, 6.07) is 0. The third-order valence-electron chi connectivity index (χ3n) is 0.922. The van der Waals surface area contributed by atoms with Crippen LogP contribution in [0, 0.1) is 13.8 Å². The molecule has 0 aliphatic heterocycles. The van der Waals surface area contributed by atoms with Crippen molar-refractivity contribution < 1.29 is 5.11 Å². The van der Waals surface area contributed by atoms with Gasteiger partial charge in [-0.15, -0.1) is 11.3 Å². The number of rotatable bonds is 1. The van der Waals surface area contributed by atoms with E-state index >= 15 is 0 Å². The quantitative estimate of drug-likeness (QED) is 0.641. The lowest BCUT2D eigenvalue weighted by Gasteiger charge is -1.93. The molecule has 1 aromatic heterocycles. The Bertz CT molecular complexity index is 195. The lowest BCUT2D eigenvalue weighted by molar-refractivity contribution is 0.225. The van der Waals surface area contributed by atoms with E-state index in [9.17, 15) is 0 Å². The van der Waals surface area contributed by atoms with E-state index in [0.717, 1.165) is 5.69 Å². The minimum Gasteiger partial charge on any atom is -0.386 e. The van der Waals surface area contributed by atoms with E-state index in [4.69, 9.17) is 5.11 Å². The van der Waals surface area contributed by atoms with Crippen molar-refractivity contribution in [3.8, 4) is 0 Å². The summed E-state index contributed by atoms with van der Waals surface area (Å²) in [7, 11) is 0. The predicted octanol–water partition coefficient (Wildman–Crippen LogP) is 1.32. The van der Waals surface area contributed by atoms with Crippen LogP contribution in [-0.4, -0.2) is 10.1 Å². The topological polar surface area (TPSA) is 33.1 Å². The van der Waals surface area contributed by atoms with Crippen molar-refractivity contribution in [2.45, 2.75) is 13.0 Å². The van der Waals surface area contributed by atoms with Crippen molar-refractivity contribution in [1.29, 1.82) is 0 Å². The Morgan fingerprint density at radius 3 is 2.78 bits per heavy atom. The van der Waals surface area contributed by atoms with Crippen LogP contribution in [-0.2, 0) is 0 Å². The first-order valence-corrected chi connectivity index (χ1v) is 3.51. The predicted molar refractivity (Wildman–Crippen MR) is 37.2 cm³/mol. The minimum atomic E-state index is -0.663. The van der Waals surface area contributed by atoms with Gasteiger partial charge in [0.15, 0.2) is 0 Å². The first-order valence-electron chi connectivity index (χ1n) is 2.63. The van der Waals surface area contributed by atoms with Gasteiger partial charge in [0.2, 0.25) is 0 Å². The van der Waals surface area contributed by atoms with Gasteiger partial charge in [0.05, 0.1) is 0 Å². The van der Waals surface area contributed by atoms with Crippen molar-refractivity contribution in [3.05, 3.63) is 23.0 Å². The third kappa shape index (κ3) is 1.50. The molecular formula is C6H8NOS. The fourth-order valence-corrected chi connectivity index (χ4v) is 1.22. The van der Waals surface area contributed by atoms with Crippen LogP contribution in [0.25, 0.3) is 0 Å². The van der Waals surface area contributed by atoms with Crippen LogP contribution in [0.1, 0.15) is 16.8 Å². The molecule has 1 N–H and O–H groups in total. The normalized spacial score (nSPS) is 13.7. The zero-order chi connectivity index (χ0) is 6.85. The second-order valence-corrected chi connectivity index (χ2v) is 2.73. The summed E-state index contributed by atoms with van der Waals surface area (Å²) in [6.07, 6.45) is -0.663. The summed E-state index contributed by atoms with van der Waals surface area (Å²) in [5.74, 6) is 0. The van der Waals surface area contributed by atoms with Gasteiger partial charge in [-0.25, -0.2) is 4.98 Å². The van der Waals surface area contributed by atoms with Crippen LogP contribution in [0.2, 0.25) is 0 Å². The first kappa shape index (κ1) is 6.71. The van der Waals surface area contributed by atoms with Gasteiger partial charge in [-0.2, -0.15) is 0 Å². The standard InChI is InChI=1S/C6H8NOS/c1-4-3-9-6(7-4)5(2)8/h3,5,8H,2H2,1H3. The lowest BCUT2D eigenvalue weighted by Crippen LogP contribution is -1.88. The molecule has 0 aromatic carbocycles. The molecule has 1 aromatic rings. The maximum absolute atomic E-state index is 8.87. The van der Waals surface area contributed by atoms with E-state index in [2.05, 4.69) is 11.9 Å². The molecule has 1 heterocycles. The molecule has 3 heteroatoms. The van der Waals surface area contributed by atoms with Crippen LogP contribution in [0.3, 0.4) is 0 Å². The van der Waals surface area contributed by atoms with Crippen LogP contribution in [0.5, 0.6) is 0 Å². The molecule has 0 spiro atoms. The maximum atomic E-state index is 8.87. The Morgan fingerprint density at radius 1 is 1.89 bits per heavy atom. The van der Waals surface area contributed by atoms with Crippen molar-refractivity contribution in [2.24, 2.45) is 0 Å². The third-order valence-corrected chi connectivity index (χ3v) is 1.99. The van der Waals surface area contributed by atoms with Gasteiger partial charge in [0.25, 0.3) is 0 Å². The number of nitrogens with zero attached hydrogens (tertiary/aromatic N) is 1. The summed E-state index contributed by atoms with van der Waals surface area (Å²) in [4.78, 5) is 4.02. The van der Waals surface area contributed by atoms with E-state index in [0.29, 0.717) is 5.01 Å². The molecule has 0 saturated heterocycles. The number of hydrogen-bond acceptors (Lipinski definition) is 3. The summed E-state index contributed by atoms with van der Waals surface area (Å²) in [5.41, 5.74) is 0.942. The summed E-state index contributed by atoms with van der Waals surface area (Å²) in [6.45, 7) is 5.32. The van der Waals surface area contributed by atoms with Crippen molar-refractivity contribution in [1.82, 2.24) is 4.98 Å². The fraction of sp³-hybridized carbons (Fsp3) is 0.333. The number of aryl methyl sites for hydroxylation is 1. The molecule has 1 rings (SSSR count). The SMILES string of the molecule is [CH2]C(O)c1nc(C)cs1. The molecule has 0 amide bonds. The molecule has 0 aliphatic rings. The van der Waals surface area contributed by atoms with Crippen LogP contribution in [0.15, 0.2) is 5.38 Å². The fourth-order valence-electron chi connectivity index (χ4n) is 0.525. The highest BCUT2D eigenvalue weighted by Crippen LogP contribution is 2.15. The smallest absolute Gasteiger partial charge is 0.121 e. The zero-order valence-corrected chi connectivity index (χ0v) is 5.98. The summed E-state index contributed by atoms with van der Waals surface area (Å²) in [5, 5.41) is 11.5. The van der Waals surface area contributed by atoms with Gasteiger partial charge >= 0.3 is 0 Å². The van der Waals surface area contributed by atoms with E-state index in [-0.39, 0.29) is 0 Å². The monoisotopic (exact) mass is 142 g/mol. The Hall–Kier alpha value is -0.410. The van der Waals surface area contributed by atoms with Gasteiger partial charge in [0, 0.05) is 11.1 Å². The van der Waals surface area contributed by atoms with E-state index in [1.54, 1.807) is 0 Å². The molecule has 1 atom stereocenters. The Kier molecular flexibility index (Phi) is 1.83. The minimum absolute atomic E-state index is 0.663. The number of aliphatic hydroxyl groups excluding tert-OH is 1. The first-order chi connectivity index (χ1) is 4.20. The van der Waals surface area contributed by atoms with Gasteiger partial charge in [0.1, 0.15) is 11.1 Å². The molecule has 0 aliphatic carbocycles. The highest BCUT2D eigenvalue weighted by Gasteiger charge is 2.03. The second kappa shape index (κ2) is 2.45. The molecule has 9 heavy (non-hydrogen) atoms. The largest absolute Gasteiger partial charge is 0.386 e. The van der Waals surface area contributed by atoms with Gasteiger partial charge < -0.3 is 5.11 Å². The molecular weight excluding hydrogens is 134 g/mol. The van der Waals surface area contributed by atoms with E-state index < -0.39 is 6.10 Å². The summed E-state index contributed by atoms with van der Waals surface area (Å²) < 4.78 is 0. The molecule has 0 saturated carbocycles. The van der Waals surface area contributed by atoms with Crippen LogP contribution in [0.4, 0.5) is 0 Å². The van der Waals surface area contributed by atoms with Crippen molar-refractivity contribution in [2.75, 3.05) is 0 Å². The van der Waals surface area contributed by atoms with E-state index in [1.807, 2.05) is 12.3 Å². The molecule has 0 fully saturated rings. The van der Waals surface area contributed by atoms with Crippen LogP contribution >= 0.6 is 11.3 Å². The highest BCUT2D eigenvalue weighted by molar-refractivity contribution is 7.09. The molecule has 49 valence electrons. The average Bonchev–Trinajstić information content (AvgIpc) is 2.14. The average molecular weight is 142 g/mol. The van der Waals surface area contributed by atoms with Gasteiger partial charge in [-0.05, 0) is 13.8 Å².